The first-order valence-electron chi connectivity index (χ1n) is 11.2. The minimum Gasteiger partial charge on any atom is -0.493 e. The molecule has 3 aromatic rings. The summed E-state index contributed by atoms with van der Waals surface area (Å²) in [4.78, 5) is 28.9. The summed E-state index contributed by atoms with van der Waals surface area (Å²) in [6.45, 7) is 0.557. The fourth-order valence-electron chi connectivity index (χ4n) is 4.48. The summed E-state index contributed by atoms with van der Waals surface area (Å²) < 4.78 is 29.6. The van der Waals surface area contributed by atoms with Gasteiger partial charge in [-0.05, 0) is 41.5 Å². The Balaban J connectivity index is 1.80. The van der Waals surface area contributed by atoms with Crippen LogP contribution in [-0.2, 0) is 9.53 Å². The summed E-state index contributed by atoms with van der Waals surface area (Å²) in [5.41, 5.74) is 2.23. The van der Waals surface area contributed by atoms with Crippen LogP contribution in [-0.4, -0.2) is 51.2 Å². The van der Waals surface area contributed by atoms with Crippen LogP contribution in [0.1, 0.15) is 33.4 Å². The number of halogens is 1. The number of ether oxygens (including phenoxy) is 3. The number of carbonyl (C=O) groups is 2. The van der Waals surface area contributed by atoms with Crippen LogP contribution in [0.25, 0.3) is 0 Å². The molecule has 0 aliphatic carbocycles. The molecular formula is C27H27FN2O5. The average Bonchev–Trinajstić information content (AvgIpc) is 2.88. The van der Waals surface area contributed by atoms with E-state index in [4.69, 9.17) is 14.2 Å². The number of nitrogens with one attached hydrogen (secondary N) is 1. The van der Waals surface area contributed by atoms with Gasteiger partial charge in [0, 0.05) is 31.0 Å². The SMILES string of the molecule is COCCN1C(=O)c2ccccc2C(C(=O)Nc2ccc(OC)c(OC)c2)C1c1ccc(F)cc1. The van der Waals surface area contributed by atoms with Crippen molar-refractivity contribution in [3.8, 4) is 11.5 Å². The number of benzene rings is 3. The van der Waals surface area contributed by atoms with Gasteiger partial charge in [0.15, 0.2) is 11.5 Å². The number of anilines is 1. The molecule has 7 nitrogen and oxygen atoms in total. The quantitative estimate of drug-likeness (QED) is 0.519. The number of fused-ring (bicyclic) bond motifs is 1. The summed E-state index contributed by atoms with van der Waals surface area (Å²) >= 11 is 0. The van der Waals surface area contributed by atoms with E-state index in [-0.39, 0.29) is 25.0 Å². The van der Waals surface area contributed by atoms with Crippen LogP contribution in [0.3, 0.4) is 0 Å². The smallest absolute Gasteiger partial charge is 0.254 e. The summed E-state index contributed by atoms with van der Waals surface area (Å²) in [7, 11) is 4.61. The van der Waals surface area contributed by atoms with E-state index in [1.807, 2.05) is 0 Å². The predicted molar refractivity (Wildman–Crippen MR) is 129 cm³/mol. The summed E-state index contributed by atoms with van der Waals surface area (Å²) in [6, 6.07) is 17.4. The van der Waals surface area contributed by atoms with Crippen molar-refractivity contribution < 1.29 is 28.2 Å². The predicted octanol–water partition coefficient (Wildman–Crippen LogP) is 4.41. The van der Waals surface area contributed by atoms with Gasteiger partial charge in [-0.3, -0.25) is 9.59 Å². The van der Waals surface area contributed by atoms with E-state index in [9.17, 15) is 14.0 Å². The summed E-state index contributed by atoms with van der Waals surface area (Å²) in [6.07, 6.45) is 0. The molecule has 1 N–H and O–H groups in total. The highest BCUT2D eigenvalue weighted by Gasteiger charge is 2.44. The zero-order chi connectivity index (χ0) is 24.9. The molecule has 8 heteroatoms. The van der Waals surface area contributed by atoms with Gasteiger partial charge in [-0.2, -0.15) is 0 Å². The second-order valence-corrected chi connectivity index (χ2v) is 8.11. The van der Waals surface area contributed by atoms with E-state index < -0.39 is 17.8 Å². The third kappa shape index (κ3) is 4.83. The summed E-state index contributed by atoms with van der Waals surface area (Å²) in [5.74, 6) is -0.656. The first-order chi connectivity index (χ1) is 17.0. The van der Waals surface area contributed by atoms with E-state index in [0.717, 1.165) is 0 Å². The number of amides is 2. The van der Waals surface area contributed by atoms with Crippen LogP contribution >= 0.6 is 0 Å². The first kappa shape index (κ1) is 24.2. The molecule has 1 aliphatic rings. The molecule has 1 aliphatic heterocycles. The van der Waals surface area contributed by atoms with E-state index >= 15 is 0 Å². The lowest BCUT2D eigenvalue weighted by Crippen LogP contribution is -2.47. The molecule has 1 heterocycles. The van der Waals surface area contributed by atoms with Crippen molar-refractivity contribution in [3.63, 3.8) is 0 Å². The maximum Gasteiger partial charge on any atom is 0.254 e. The Kier molecular flexibility index (Phi) is 7.31. The van der Waals surface area contributed by atoms with E-state index in [1.165, 1.54) is 26.4 Å². The Labute approximate surface area is 203 Å². The van der Waals surface area contributed by atoms with Crippen LogP contribution in [0.2, 0.25) is 0 Å². The largest absolute Gasteiger partial charge is 0.493 e. The second kappa shape index (κ2) is 10.6. The molecule has 0 saturated heterocycles. The molecule has 0 bridgehead atoms. The van der Waals surface area contributed by atoms with Gasteiger partial charge in [-0.1, -0.05) is 30.3 Å². The molecule has 0 fully saturated rings. The minimum absolute atomic E-state index is 0.206. The molecule has 0 spiro atoms. The maximum absolute atomic E-state index is 13.8. The fourth-order valence-corrected chi connectivity index (χ4v) is 4.48. The van der Waals surface area contributed by atoms with Gasteiger partial charge >= 0.3 is 0 Å². The Hall–Kier alpha value is -3.91. The Morgan fingerprint density at radius 2 is 1.69 bits per heavy atom. The zero-order valence-corrected chi connectivity index (χ0v) is 19.8. The third-order valence-electron chi connectivity index (χ3n) is 6.12. The van der Waals surface area contributed by atoms with Crippen LogP contribution in [0.5, 0.6) is 11.5 Å². The van der Waals surface area contributed by atoms with E-state index in [0.29, 0.717) is 33.9 Å². The van der Waals surface area contributed by atoms with E-state index in [2.05, 4.69) is 5.32 Å². The van der Waals surface area contributed by atoms with Crippen LogP contribution in [0.15, 0.2) is 66.7 Å². The van der Waals surface area contributed by atoms with Gasteiger partial charge in [0.1, 0.15) is 5.82 Å². The lowest BCUT2D eigenvalue weighted by molar-refractivity contribution is -0.119. The highest BCUT2D eigenvalue weighted by molar-refractivity contribution is 6.04. The first-order valence-corrected chi connectivity index (χ1v) is 11.2. The van der Waals surface area contributed by atoms with Crippen molar-refractivity contribution in [3.05, 3.63) is 89.2 Å². The van der Waals surface area contributed by atoms with Gasteiger partial charge in [-0.25, -0.2) is 4.39 Å². The summed E-state index contributed by atoms with van der Waals surface area (Å²) in [5, 5.41) is 2.96. The van der Waals surface area contributed by atoms with Crippen LogP contribution in [0.4, 0.5) is 10.1 Å². The molecule has 2 atom stereocenters. The maximum atomic E-state index is 13.8. The van der Waals surface area contributed by atoms with Crippen LogP contribution < -0.4 is 14.8 Å². The van der Waals surface area contributed by atoms with Gasteiger partial charge in [0.05, 0.1) is 32.8 Å². The number of hydrogen-bond acceptors (Lipinski definition) is 5. The molecule has 2 amide bonds. The molecule has 0 radical (unpaired) electrons. The van der Waals surface area contributed by atoms with Gasteiger partial charge in [0.2, 0.25) is 5.91 Å². The van der Waals surface area contributed by atoms with Crippen molar-refractivity contribution in [2.75, 3.05) is 39.8 Å². The van der Waals surface area contributed by atoms with Crippen molar-refractivity contribution in [2.24, 2.45) is 0 Å². The number of hydrogen-bond donors (Lipinski definition) is 1. The number of methoxy groups -OCH3 is 3. The number of carbonyl (C=O) groups excluding carboxylic acids is 2. The highest BCUT2D eigenvalue weighted by Crippen LogP contribution is 2.43. The lowest BCUT2D eigenvalue weighted by atomic mass is 9.79. The third-order valence-corrected chi connectivity index (χ3v) is 6.12. The average molecular weight is 479 g/mol. The highest BCUT2D eigenvalue weighted by atomic mass is 19.1. The van der Waals surface area contributed by atoms with Gasteiger partial charge in [0.25, 0.3) is 5.91 Å². The van der Waals surface area contributed by atoms with Crippen LogP contribution in [0, 0.1) is 5.82 Å². The molecule has 4 rings (SSSR count). The van der Waals surface area contributed by atoms with Crippen molar-refractivity contribution in [1.82, 2.24) is 4.90 Å². The minimum atomic E-state index is -0.751. The molecule has 0 saturated carbocycles. The lowest BCUT2D eigenvalue weighted by Gasteiger charge is -2.41. The molecule has 0 aromatic heterocycles. The van der Waals surface area contributed by atoms with Gasteiger partial charge in [-0.15, -0.1) is 0 Å². The monoisotopic (exact) mass is 478 g/mol. The second-order valence-electron chi connectivity index (χ2n) is 8.11. The Morgan fingerprint density at radius 1 is 0.971 bits per heavy atom. The Morgan fingerprint density at radius 3 is 2.37 bits per heavy atom. The molecule has 2 unspecified atom stereocenters. The van der Waals surface area contributed by atoms with Crippen molar-refractivity contribution in [2.45, 2.75) is 12.0 Å². The normalized spacial score (nSPS) is 17.0. The standard InChI is InChI=1S/C27H27FN2O5/c1-33-15-14-30-25(17-8-10-18(28)11-9-17)24(20-6-4-5-7-21(20)27(30)32)26(31)29-19-12-13-22(34-2)23(16-19)35-3/h4-13,16,24-25H,14-15H2,1-3H3,(H,29,31). The molecule has 182 valence electrons. The molecular weight excluding hydrogens is 451 g/mol. The topological polar surface area (TPSA) is 77.1 Å². The van der Waals surface area contributed by atoms with Crippen molar-refractivity contribution >= 4 is 17.5 Å². The zero-order valence-electron chi connectivity index (χ0n) is 19.8. The Bertz CT molecular complexity index is 1210. The van der Waals surface area contributed by atoms with E-state index in [1.54, 1.807) is 66.6 Å². The molecule has 35 heavy (non-hydrogen) atoms. The number of nitrogens with zero attached hydrogens (tertiary/aromatic N) is 1. The number of rotatable bonds is 8. The molecule has 3 aromatic carbocycles. The van der Waals surface area contributed by atoms with Crippen molar-refractivity contribution in [1.29, 1.82) is 0 Å². The fraction of sp³-hybridized carbons (Fsp3) is 0.259. The van der Waals surface area contributed by atoms with Gasteiger partial charge < -0.3 is 24.4 Å².